The van der Waals surface area contributed by atoms with E-state index < -0.39 is 16.1 Å². The van der Waals surface area contributed by atoms with Crippen LogP contribution in [0.2, 0.25) is 0 Å². The van der Waals surface area contributed by atoms with E-state index in [1.165, 1.54) is 22.7 Å². The molecule has 0 saturated carbocycles. The Morgan fingerprint density at radius 3 is 2.65 bits per heavy atom. The first kappa shape index (κ1) is 16.4. The van der Waals surface area contributed by atoms with Gasteiger partial charge in [0.25, 0.3) is 5.91 Å². The second-order valence-corrected chi connectivity index (χ2v) is 8.68. The van der Waals surface area contributed by atoms with Crippen molar-refractivity contribution in [1.29, 1.82) is 0 Å². The largest absolute Gasteiger partial charge is 0.358 e. The molecule has 7 nitrogen and oxygen atoms in total. The third kappa shape index (κ3) is 2.88. The van der Waals surface area contributed by atoms with E-state index in [1.807, 2.05) is 5.38 Å². The second-order valence-electron chi connectivity index (χ2n) is 6.01. The van der Waals surface area contributed by atoms with Crippen molar-refractivity contribution in [1.82, 2.24) is 14.5 Å². The summed E-state index contributed by atoms with van der Waals surface area (Å²) in [6.45, 7) is 0.818. The lowest BCUT2D eigenvalue weighted by atomic mass is 10.0. The molecule has 1 aromatic heterocycles. The number of carbonyl (C=O) groups excluding carboxylic acids is 2. The molecule has 3 rings (SSSR count). The van der Waals surface area contributed by atoms with Gasteiger partial charge in [-0.15, -0.1) is 0 Å². The molecule has 126 valence electrons. The molecule has 0 aromatic carbocycles. The number of likely N-dealkylation sites (N-methyl/N-ethyl adjacent to an activating group) is 1. The SMILES string of the molecule is CNC(=O)[C@H]1C[C@@H]2CN(C(=O)c3ccsc3)C[C@@H]2N1S(C)(=O)=O. The fraction of sp³-hybridized carbons (Fsp3) is 0.571. The van der Waals surface area contributed by atoms with E-state index in [-0.39, 0.29) is 23.8 Å². The van der Waals surface area contributed by atoms with Crippen LogP contribution in [0.15, 0.2) is 16.8 Å². The summed E-state index contributed by atoms with van der Waals surface area (Å²) in [5, 5.41) is 6.16. The van der Waals surface area contributed by atoms with Crippen molar-refractivity contribution >= 4 is 33.2 Å². The highest BCUT2D eigenvalue weighted by atomic mass is 32.2. The van der Waals surface area contributed by atoms with Gasteiger partial charge in [-0.3, -0.25) is 9.59 Å². The Morgan fingerprint density at radius 2 is 2.09 bits per heavy atom. The number of nitrogens with one attached hydrogen (secondary N) is 1. The molecule has 2 aliphatic rings. The van der Waals surface area contributed by atoms with Crippen LogP contribution in [-0.4, -0.2) is 67.9 Å². The molecule has 0 aliphatic carbocycles. The first-order valence-electron chi connectivity index (χ1n) is 7.34. The summed E-state index contributed by atoms with van der Waals surface area (Å²) in [6, 6.07) is 0.765. The average molecular weight is 357 g/mol. The Labute approximate surface area is 139 Å². The van der Waals surface area contributed by atoms with Crippen LogP contribution in [0.25, 0.3) is 0 Å². The number of hydrogen-bond acceptors (Lipinski definition) is 5. The number of thiophene rings is 1. The zero-order chi connectivity index (χ0) is 16.8. The number of hydrogen-bond donors (Lipinski definition) is 1. The van der Waals surface area contributed by atoms with Crippen LogP contribution in [0.1, 0.15) is 16.8 Å². The molecule has 0 spiro atoms. The topological polar surface area (TPSA) is 86.8 Å². The van der Waals surface area contributed by atoms with Gasteiger partial charge in [-0.25, -0.2) is 8.42 Å². The Morgan fingerprint density at radius 1 is 1.35 bits per heavy atom. The van der Waals surface area contributed by atoms with E-state index in [0.29, 0.717) is 25.1 Å². The summed E-state index contributed by atoms with van der Waals surface area (Å²) in [5.74, 6) is -0.374. The number of rotatable bonds is 3. The van der Waals surface area contributed by atoms with Crippen LogP contribution in [-0.2, 0) is 14.8 Å². The molecular formula is C14H19N3O4S2. The maximum atomic E-state index is 12.5. The Balaban J connectivity index is 1.82. The molecule has 0 radical (unpaired) electrons. The smallest absolute Gasteiger partial charge is 0.254 e. The molecule has 2 amide bonds. The minimum atomic E-state index is -3.53. The third-order valence-corrected chi connectivity index (χ3v) is 6.53. The van der Waals surface area contributed by atoms with Crippen LogP contribution in [0, 0.1) is 5.92 Å². The lowest BCUT2D eigenvalue weighted by molar-refractivity contribution is -0.124. The lowest BCUT2D eigenvalue weighted by Gasteiger charge is -2.27. The predicted octanol–water partition coefficient (Wildman–Crippen LogP) is -0.0314. The van der Waals surface area contributed by atoms with Gasteiger partial charge in [-0.2, -0.15) is 15.6 Å². The van der Waals surface area contributed by atoms with Gasteiger partial charge in [-0.05, 0) is 23.8 Å². The number of likely N-dealkylation sites (tertiary alicyclic amines) is 1. The van der Waals surface area contributed by atoms with Crippen LogP contribution < -0.4 is 5.32 Å². The lowest BCUT2D eigenvalue weighted by Crippen LogP contribution is -2.49. The molecule has 2 saturated heterocycles. The van der Waals surface area contributed by atoms with Crippen LogP contribution in [0.3, 0.4) is 0 Å². The predicted molar refractivity (Wildman–Crippen MR) is 86.7 cm³/mol. The van der Waals surface area contributed by atoms with Crippen molar-refractivity contribution in [3.8, 4) is 0 Å². The number of amides is 2. The minimum absolute atomic E-state index is 0.00499. The number of sulfonamides is 1. The maximum Gasteiger partial charge on any atom is 0.254 e. The number of carbonyl (C=O) groups is 2. The molecule has 1 N–H and O–H groups in total. The molecular weight excluding hydrogens is 338 g/mol. The molecule has 1 aromatic rings. The van der Waals surface area contributed by atoms with Crippen molar-refractivity contribution in [3.63, 3.8) is 0 Å². The number of fused-ring (bicyclic) bond motifs is 1. The van der Waals surface area contributed by atoms with E-state index in [4.69, 9.17) is 0 Å². The van der Waals surface area contributed by atoms with Crippen molar-refractivity contribution in [2.75, 3.05) is 26.4 Å². The minimum Gasteiger partial charge on any atom is -0.358 e. The molecule has 0 unspecified atom stereocenters. The second kappa shape index (κ2) is 5.88. The summed E-state index contributed by atoms with van der Waals surface area (Å²) < 4.78 is 25.6. The molecule has 23 heavy (non-hydrogen) atoms. The highest BCUT2D eigenvalue weighted by Crippen LogP contribution is 2.38. The maximum absolute atomic E-state index is 12.5. The molecule has 3 atom stereocenters. The summed E-state index contributed by atoms with van der Waals surface area (Å²) in [7, 11) is -2.02. The highest BCUT2D eigenvalue weighted by Gasteiger charge is 2.53. The van der Waals surface area contributed by atoms with Gasteiger partial charge in [0.15, 0.2) is 0 Å². The summed E-state index contributed by atoms with van der Waals surface area (Å²) in [5.41, 5.74) is 0.628. The van der Waals surface area contributed by atoms with Gasteiger partial charge in [0.1, 0.15) is 6.04 Å². The average Bonchev–Trinajstić information content (AvgIpc) is 3.18. The zero-order valence-electron chi connectivity index (χ0n) is 12.9. The fourth-order valence-electron chi connectivity index (χ4n) is 3.60. The van der Waals surface area contributed by atoms with E-state index in [0.717, 1.165) is 6.26 Å². The van der Waals surface area contributed by atoms with E-state index >= 15 is 0 Å². The van der Waals surface area contributed by atoms with Crippen molar-refractivity contribution < 1.29 is 18.0 Å². The Bertz CT molecular complexity index is 716. The molecule has 2 aliphatic heterocycles. The molecule has 0 bridgehead atoms. The van der Waals surface area contributed by atoms with Gasteiger partial charge in [0.2, 0.25) is 15.9 Å². The zero-order valence-corrected chi connectivity index (χ0v) is 14.6. The normalized spacial score (nSPS) is 27.9. The van der Waals surface area contributed by atoms with Crippen LogP contribution in [0.5, 0.6) is 0 Å². The van der Waals surface area contributed by atoms with Gasteiger partial charge >= 0.3 is 0 Å². The van der Waals surface area contributed by atoms with Crippen molar-refractivity contribution in [2.45, 2.75) is 18.5 Å². The molecule has 3 heterocycles. The monoisotopic (exact) mass is 357 g/mol. The van der Waals surface area contributed by atoms with E-state index in [1.54, 1.807) is 16.3 Å². The Kier molecular flexibility index (Phi) is 4.19. The standard InChI is InChI=1S/C14H19N3O4S2/c1-15-13(18)11-5-10-6-16(14(19)9-3-4-22-8-9)7-12(10)17(11)23(2,20)21/h3-4,8,10-12H,5-7H2,1-2H3,(H,15,18)/t10-,11-,12+/m1/s1. The quantitative estimate of drug-likeness (QED) is 0.823. The fourth-order valence-corrected chi connectivity index (χ4v) is 5.60. The van der Waals surface area contributed by atoms with Gasteiger partial charge in [0.05, 0.1) is 11.8 Å². The van der Waals surface area contributed by atoms with Gasteiger partial charge < -0.3 is 10.2 Å². The van der Waals surface area contributed by atoms with E-state index in [9.17, 15) is 18.0 Å². The first-order valence-corrected chi connectivity index (χ1v) is 10.1. The van der Waals surface area contributed by atoms with Crippen LogP contribution in [0.4, 0.5) is 0 Å². The summed E-state index contributed by atoms with van der Waals surface area (Å²) >= 11 is 1.45. The van der Waals surface area contributed by atoms with E-state index in [2.05, 4.69) is 5.32 Å². The summed E-state index contributed by atoms with van der Waals surface area (Å²) in [4.78, 5) is 26.2. The van der Waals surface area contributed by atoms with Crippen molar-refractivity contribution in [3.05, 3.63) is 22.4 Å². The van der Waals surface area contributed by atoms with Gasteiger partial charge in [0, 0.05) is 31.6 Å². The van der Waals surface area contributed by atoms with Crippen LogP contribution >= 0.6 is 11.3 Å². The summed E-state index contributed by atoms with van der Waals surface area (Å²) in [6.07, 6.45) is 1.57. The first-order chi connectivity index (χ1) is 10.8. The Hall–Kier alpha value is -1.45. The highest BCUT2D eigenvalue weighted by molar-refractivity contribution is 7.88. The van der Waals surface area contributed by atoms with Gasteiger partial charge in [-0.1, -0.05) is 0 Å². The molecule has 9 heteroatoms. The number of nitrogens with zero attached hydrogens (tertiary/aromatic N) is 2. The third-order valence-electron chi connectivity index (χ3n) is 4.55. The molecule has 2 fully saturated rings. The van der Waals surface area contributed by atoms with Crippen molar-refractivity contribution in [2.24, 2.45) is 5.92 Å².